The van der Waals surface area contributed by atoms with Gasteiger partial charge in [0.1, 0.15) is 0 Å². The molecular weight excluding hydrogens is 248 g/mol. The average molecular weight is 263 g/mol. The van der Waals surface area contributed by atoms with Crippen molar-refractivity contribution in [2.45, 2.75) is 32.7 Å². The molecule has 0 spiro atoms. The van der Waals surface area contributed by atoms with Gasteiger partial charge in [-0.2, -0.15) is 5.26 Å². The fourth-order valence-corrected chi connectivity index (χ4v) is 2.74. The molecule has 18 heavy (non-hydrogen) atoms. The van der Waals surface area contributed by atoms with E-state index in [2.05, 4.69) is 6.07 Å². The van der Waals surface area contributed by atoms with Crippen LogP contribution in [0.3, 0.4) is 0 Å². The van der Waals surface area contributed by atoms with Crippen molar-refractivity contribution in [1.29, 1.82) is 5.26 Å². The van der Waals surface area contributed by atoms with Gasteiger partial charge in [-0.05, 0) is 44.5 Å². The second-order valence-corrected chi connectivity index (χ2v) is 5.64. The Labute approximate surface area is 112 Å². The Kier molecular flexibility index (Phi) is 3.08. The van der Waals surface area contributed by atoms with Crippen molar-refractivity contribution in [2.75, 3.05) is 4.90 Å². The minimum Gasteiger partial charge on any atom is -0.305 e. The summed E-state index contributed by atoms with van der Waals surface area (Å²) in [7, 11) is 0. The topological polar surface area (TPSA) is 44.1 Å². The summed E-state index contributed by atoms with van der Waals surface area (Å²) >= 11 is 5.93. The van der Waals surface area contributed by atoms with Crippen molar-refractivity contribution in [3.05, 3.63) is 28.8 Å². The van der Waals surface area contributed by atoms with E-state index in [9.17, 15) is 4.79 Å². The first kappa shape index (κ1) is 12.9. The molecule has 0 aromatic heterocycles. The molecule has 4 heteroatoms. The van der Waals surface area contributed by atoms with Crippen molar-refractivity contribution in [3.8, 4) is 6.07 Å². The number of anilines is 1. The van der Waals surface area contributed by atoms with Crippen LogP contribution in [0, 0.1) is 24.2 Å². The third kappa shape index (κ3) is 1.87. The predicted molar refractivity (Wildman–Crippen MR) is 71.5 cm³/mol. The highest BCUT2D eigenvalue weighted by Crippen LogP contribution is 2.40. The Morgan fingerprint density at radius 1 is 1.50 bits per heavy atom. The molecule has 1 aliphatic rings. The Morgan fingerprint density at radius 2 is 2.17 bits per heavy atom. The van der Waals surface area contributed by atoms with Gasteiger partial charge >= 0.3 is 0 Å². The SMILES string of the molecule is Cc1cc(Cl)ccc1N1C(=O)CC(C#N)C1(C)C. The van der Waals surface area contributed by atoms with Gasteiger partial charge in [0, 0.05) is 17.1 Å². The van der Waals surface area contributed by atoms with Crippen molar-refractivity contribution in [3.63, 3.8) is 0 Å². The van der Waals surface area contributed by atoms with Gasteiger partial charge in [0.25, 0.3) is 0 Å². The van der Waals surface area contributed by atoms with E-state index in [1.54, 1.807) is 11.0 Å². The lowest BCUT2D eigenvalue weighted by atomic mass is 9.89. The summed E-state index contributed by atoms with van der Waals surface area (Å²) in [5, 5.41) is 9.80. The van der Waals surface area contributed by atoms with Crippen LogP contribution in [0.2, 0.25) is 5.02 Å². The van der Waals surface area contributed by atoms with Gasteiger partial charge in [-0.25, -0.2) is 0 Å². The minimum absolute atomic E-state index is 0.00280. The van der Waals surface area contributed by atoms with Crippen LogP contribution in [-0.2, 0) is 4.79 Å². The number of hydrogen-bond acceptors (Lipinski definition) is 2. The van der Waals surface area contributed by atoms with E-state index in [4.69, 9.17) is 16.9 Å². The van der Waals surface area contributed by atoms with Crippen LogP contribution < -0.4 is 4.90 Å². The van der Waals surface area contributed by atoms with Crippen LogP contribution in [0.4, 0.5) is 5.69 Å². The Balaban J connectivity index is 2.50. The molecule has 0 radical (unpaired) electrons. The van der Waals surface area contributed by atoms with E-state index in [1.807, 2.05) is 32.9 Å². The fraction of sp³-hybridized carbons (Fsp3) is 0.429. The molecule has 3 nitrogen and oxygen atoms in total. The number of amides is 1. The zero-order valence-electron chi connectivity index (χ0n) is 10.7. The Morgan fingerprint density at radius 3 is 2.67 bits per heavy atom. The standard InChI is InChI=1S/C14H15ClN2O/c1-9-6-11(15)4-5-12(9)17-13(18)7-10(8-16)14(17,2)3/h4-6,10H,7H2,1-3H3. The molecule has 1 fully saturated rings. The molecule has 0 aliphatic carbocycles. The molecule has 1 heterocycles. The molecule has 0 saturated carbocycles. The molecule has 1 unspecified atom stereocenters. The van der Waals surface area contributed by atoms with Crippen LogP contribution in [0.1, 0.15) is 25.8 Å². The Bertz CT molecular complexity index is 545. The fourth-order valence-electron chi connectivity index (χ4n) is 2.51. The summed E-state index contributed by atoms with van der Waals surface area (Å²) in [4.78, 5) is 13.9. The lowest BCUT2D eigenvalue weighted by Crippen LogP contribution is -2.44. The second kappa shape index (κ2) is 4.29. The van der Waals surface area contributed by atoms with E-state index < -0.39 is 5.54 Å². The first-order valence-corrected chi connectivity index (χ1v) is 6.24. The second-order valence-electron chi connectivity index (χ2n) is 5.20. The first-order chi connectivity index (χ1) is 8.37. The van der Waals surface area contributed by atoms with Crippen LogP contribution in [-0.4, -0.2) is 11.4 Å². The summed E-state index contributed by atoms with van der Waals surface area (Å²) in [6.07, 6.45) is 0.283. The summed E-state index contributed by atoms with van der Waals surface area (Å²) < 4.78 is 0. The van der Waals surface area contributed by atoms with Gasteiger partial charge in [0.05, 0.1) is 17.5 Å². The van der Waals surface area contributed by atoms with Crippen LogP contribution in [0.15, 0.2) is 18.2 Å². The number of aryl methyl sites for hydroxylation is 1. The third-order valence-corrected chi connectivity index (χ3v) is 3.85. The number of hydrogen-bond donors (Lipinski definition) is 0. The van der Waals surface area contributed by atoms with Gasteiger partial charge in [-0.15, -0.1) is 0 Å². The summed E-state index contributed by atoms with van der Waals surface area (Å²) in [5.74, 6) is -0.281. The zero-order valence-corrected chi connectivity index (χ0v) is 11.5. The third-order valence-electron chi connectivity index (χ3n) is 3.61. The van der Waals surface area contributed by atoms with E-state index in [-0.39, 0.29) is 18.2 Å². The number of carbonyl (C=O) groups excluding carboxylic acids is 1. The molecular formula is C14H15ClN2O. The average Bonchev–Trinajstić information content (AvgIpc) is 2.50. The van der Waals surface area contributed by atoms with Crippen LogP contribution in [0.25, 0.3) is 0 Å². The lowest BCUT2D eigenvalue weighted by molar-refractivity contribution is -0.117. The number of rotatable bonds is 1. The molecule has 1 atom stereocenters. The maximum absolute atomic E-state index is 12.1. The number of nitrogens with zero attached hydrogens (tertiary/aromatic N) is 2. The predicted octanol–water partition coefficient (Wildman–Crippen LogP) is 3.30. The van der Waals surface area contributed by atoms with Gasteiger partial charge < -0.3 is 4.90 Å². The van der Waals surface area contributed by atoms with Crippen molar-refractivity contribution in [2.24, 2.45) is 5.92 Å². The Hall–Kier alpha value is -1.53. The van der Waals surface area contributed by atoms with Gasteiger partial charge in [-0.3, -0.25) is 4.79 Å². The maximum atomic E-state index is 12.1. The van der Waals surface area contributed by atoms with E-state index >= 15 is 0 Å². The molecule has 0 N–H and O–H groups in total. The van der Waals surface area contributed by atoms with E-state index in [0.717, 1.165) is 11.3 Å². The van der Waals surface area contributed by atoms with Crippen LogP contribution >= 0.6 is 11.6 Å². The highest BCUT2D eigenvalue weighted by Gasteiger charge is 2.47. The lowest BCUT2D eigenvalue weighted by Gasteiger charge is -2.34. The molecule has 1 saturated heterocycles. The highest BCUT2D eigenvalue weighted by molar-refractivity contribution is 6.30. The maximum Gasteiger partial charge on any atom is 0.228 e. The van der Waals surface area contributed by atoms with Gasteiger partial charge in [0.2, 0.25) is 5.91 Å². The smallest absolute Gasteiger partial charge is 0.228 e. The van der Waals surface area contributed by atoms with Gasteiger partial charge in [0.15, 0.2) is 0 Å². The largest absolute Gasteiger partial charge is 0.305 e. The summed E-state index contributed by atoms with van der Waals surface area (Å²) in [5.41, 5.74) is 1.31. The van der Waals surface area contributed by atoms with Crippen molar-refractivity contribution in [1.82, 2.24) is 0 Å². The van der Waals surface area contributed by atoms with Gasteiger partial charge in [-0.1, -0.05) is 11.6 Å². The van der Waals surface area contributed by atoms with E-state index in [0.29, 0.717) is 5.02 Å². The molecule has 1 amide bonds. The number of benzene rings is 1. The number of nitriles is 1. The van der Waals surface area contributed by atoms with Crippen molar-refractivity contribution < 1.29 is 4.79 Å². The van der Waals surface area contributed by atoms with E-state index in [1.165, 1.54) is 0 Å². The van der Waals surface area contributed by atoms with Crippen LogP contribution in [0.5, 0.6) is 0 Å². The molecule has 2 rings (SSSR count). The molecule has 1 aliphatic heterocycles. The minimum atomic E-state index is -0.482. The zero-order chi connectivity index (χ0) is 13.5. The number of carbonyl (C=O) groups is 1. The first-order valence-electron chi connectivity index (χ1n) is 5.86. The quantitative estimate of drug-likeness (QED) is 0.779. The monoisotopic (exact) mass is 262 g/mol. The molecule has 1 aromatic carbocycles. The number of halogens is 1. The summed E-state index contributed by atoms with van der Waals surface area (Å²) in [6.45, 7) is 5.78. The molecule has 94 valence electrons. The molecule has 0 bridgehead atoms. The normalized spacial score (nSPS) is 22.1. The van der Waals surface area contributed by atoms with Crippen molar-refractivity contribution >= 4 is 23.2 Å². The molecule has 1 aromatic rings. The highest BCUT2D eigenvalue weighted by atomic mass is 35.5. The summed E-state index contributed by atoms with van der Waals surface area (Å²) in [6, 6.07) is 7.67.